The molecule has 3 aromatic rings. The minimum Gasteiger partial charge on any atom is -0.489 e. The number of anilines is 1. The van der Waals surface area contributed by atoms with E-state index in [1.165, 1.54) is 24.3 Å². The van der Waals surface area contributed by atoms with Gasteiger partial charge in [0, 0.05) is 23.9 Å². The summed E-state index contributed by atoms with van der Waals surface area (Å²) in [6, 6.07) is 20.2. The van der Waals surface area contributed by atoms with Crippen LogP contribution in [-0.4, -0.2) is 17.8 Å². The van der Waals surface area contributed by atoms with Gasteiger partial charge in [0.2, 0.25) is 11.5 Å². The summed E-state index contributed by atoms with van der Waals surface area (Å²) in [5.74, 6) is 0.812. The summed E-state index contributed by atoms with van der Waals surface area (Å²) in [5, 5.41) is 11.6. The molecule has 0 saturated heterocycles. The number of methoxy groups -OCH3 is 1. The van der Waals surface area contributed by atoms with Gasteiger partial charge in [0.1, 0.15) is 9.32 Å². The molecule has 0 fully saturated rings. The normalized spacial score (nSPS) is 19.7. The minimum absolute atomic E-state index is 0.0695. The van der Waals surface area contributed by atoms with Crippen LogP contribution < -0.4 is 14.4 Å². The predicted molar refractivity (Wildman–Crippen MR) is 137 cm³/mol. The minimum atomic E-state index is -0.819. The van der Waals surface area contributed by atoms with Crippen LogP contribution in [0.1, 0.15) is 30.5 Å². The third-order valence-corrected chi connectivity index (χ3v) is 7.66. The number of halogens is 1. The van der Waals surface area contributed by atoms with Crippen LogP contribution in [0.15, 0.2) is 66.7 Å². The molecule has 2 aliphatic rings. The van der Waals surface area contributed by atoms with Gasteiger partial charge in [-0.15, -0.1) is 0 Å². The second kappa shape index (κ2) is 7.76. The SMILES string of the molecule is COc1c([N+](=O)[O-])cc2c(c1I)OC1(C=C2)N(Cc2ccccc2)c2ccccc2C1(C)C. The lowest BCUT2D eigenvalue weighted by Crippen LogP contribution is -2.59. The van der Waals surface area contributed by atoms with Gasteiger partial charge in [-0.1, -0.05) is 48.5 Å². The Labute approximate surface area is 206 Å². The first-order valence-corrected chi connectivity index (χ1v) is 11.7. The highest BCUT2D eigenvalue weighted by molar-refractivity contribution is 14.1. The number of hydrogen-bond donors (Lipinski definition) is 0. The van der Waals surface area contributed by atoms with Gasteiger partial charge in [0.05, 0.1) is 17.4 Å². The summed E-state index contributed by atoms with van der Waals surface area (Å²) in [4.78, 5) is 13.5. The van der Waals surface area contributed by atoms with E-state index >= 15 is 0 Å². The van der Waals surface area contributed by atoms with E-state index in [2.05, 4.69) is 71.7 Å². The van der Waals surface area contributed by atoms with E-state index in [9.17, 15) is 10.1 Å². The number of nitro groups is 1. The number of ether oxygens (including phenoxy) is 2. The van der Waals surface area contributed by atoms with Crippen molar-refractivity contribution in [3.8, 4) is 11.5 Å². The quantitative estimate of drug-likeness (QED) is 0.215. The molecular formula is C26H23IN2O4. The van der Waals surface area contributed by atoms with Gasteiger partial charge >= 0.3 is 5.69 Å². The summed E-state index contributed by atoms with van der Waals surface area (Å²) >= 11 is 2.09. The van der Waals surface area contributed by atoms with E-state index in [0.29, 0.717) is 21.4 Å². The molecule has 2 heterocycles. The number of hydrogen-bond acceptors (Lipinski definition) is 5. The van der Waals surface area contributed by atoms with Crippen LogP contribution in [0.5, 0.6) is 11.5 Å². The van der Waals surface area contributed by atoms with Crippen LogP contribution in [0, 0.1) is 13.7 Å². The molecule has 0 amide bonds. The second-order valence-corrected chi connectivity index (χ2v) is 9.84. The zero-order chi connectivity index (χ0) is 23.4. The van der Waals surface area contributed by atoms with Gasteiger partial charge in [-0.25, -0.2) is 0 Å². The number of benzene rings is 3. The Bertz CT molecular complexity index is 1290. The van der Waals surface area contributed by atoms with Gasteiger partial charge in [-0.3, -0.25) is 10.1 Å². The van der Waals surface area contributed by atoms with E-state index < -0.39 is 16.1 Å². The van der Waals surface area contributed by atoms with Crippen molar-refractivity contribution in [2.24, 2.45) is 0 Å². The number of nitrogens with zero attached hydrogens (tertiary/aromatic N) is 2. The fourth-order valence-corrected chi connectivity index (χ4v) is 5.88. The highest BCUT2D eigenvalue weighted by Crippen LogP contribution is 2.57. The Morgan fingerprint density at radius 3 is 2.52 bits per heavy atom. The Hall–Kier alpha value is -3.07. The molecule has 0 aliphatic carbocycles. The zero-order valence-corrected chi connectivity index (χ0v) is 20.7. The summed E-state index contributed by atoms with van der Waals surface area (Å²) in [6.07, 6.45) is 3.99. The highest BCUT2D eigenvalue weighted by Gasteiger charge is 2.59. The Balaban J connectivity index is 1.70. The number of fused-ring (bicyclic) bond motifs is 2. The molecule has 33 heavy (non-hydrogen) atoms. The fraction of sp³-hybridized carbons (Fsp3) is 0.231. The number of nitro benzene ring substituents is 1. The average molecular weight is 554 g/mol. The van der Waals surface area contributed by atoms with E-state index in [-0.39, 0.29) is 11.4 Å². The molecular weight excluding hydrogens is 531 g/mol. The van der Waals surface area contributed by atoms with Crippen LogP contribution in [0.3, 0.4) is 0 Å². The van der Waals surface area contributed by atoms with E-state index in [1.807, 2.05) is 36.4 Å². The smallest absolute Gasteiger partial charge is 0.312 e. The standard InChI is InChI=1S/C26H23IN2O4/c1-25(2)19-11-7-8-12-20(19)28(16-17-9-5-4-6-10-17)26(25)14-13-18-15-21(29(30)31)24(32-3)22(27)23(18)33-26/h4-15H,16H2,1-3H3. The van der Waals surface area contributed by atoms with Crippen LogP contribution in [0.2, 0.25) is 0 Å². The Morgan fingerprint density at radius 2 is 1.82 bits per heavy atom. The fourth-order valence-electron chi connectivity index (χ4n) is 4.97. The first kappa shape index (κ1) is 21.8. The molecule has 7 heteroatoms. The van der Waals surface area contributed by atoms with Crippen molar-refractivity contribution in [3.05, 3.63) is 97.1 Å². The van der Waals surface area contributed by atoms with Gasteiger partial charge in [0.25, 0.3) is 0 Å². The van der Waals surface area contributed by atoms with Gasteiger partial charge in [0.15, 0.2) is 0 Å². The lowest BCUT2D eigenvalue weighted by Gasteiger charge is -2.47. The van der Waals surface area contributed by atoms with E-state index in [1.54, 1.807) is 0 Å². The maximum absolute atomic E-state index is 11.6. The molecule has 168 valence electrons. The molecule has 1 atom stereocenters. The molecule has 0 radical (unpaired) electrons. The molecule has 5 rings (SSSR count). The van der Waals surface area contributed by atoms with Crippen LogP contribution in [0.4, 0.5) is 11.4 Å². The topological polar surface area (TPSA) is 64.8 Å². The molecule has 1 unspecified atom stereocenters. The Morgan fingerprint density at radius 1 is 1.12 bits per heavy atom. The number of para-hydroxylation sites is 1. The average Bonchev–Trinajstić information content (AvgIpc) is 2.99. The Kier molecular flexibility index (Phi) is 5.12. The predicted octanol–water partition coefficient (Wildman–Crippen LogP) is 6.31. The third-order valence-electron chi connectivity index (χ3n) is 6.68. The second-order valence-electron chi connectivity index (χ2n) is 8.76. The van der Waals surface area contributed by atoms with Crippen molar-refractivity contribution >= 4 is 40.0 Å². The van der Waals surface area contributed by atoms with Crippen molar-refractivity contribution in [2.45, 2.75) is 31.5 Å². The van der Waals surface area contributed by atoms with E-state index in [4.69, 9.17) is 9.47 Å². The molecule has 0 aromatic heterocycles. The highest BCUT2D eigenvalue weighted by atomic mass is 127. The third kappa shape index (κ3) is 3.13. The summed E-state index contributed by atoms with van der Waals surface area (Å²) in [7, 11) is 1.45. The maximum atomic E-state index is 11.6. The summed E-state index contributed by atoms with van der Waals surface area (Å²) < 4.78 is 12.9. The molecule has 0 saturated carbocycles. The first-order chi connectivity index (χ1) is 15.8. The lowest BCUT2D eigenvalue weighted by atomic mass is 9.76. The molecule has 0 N–H and O–H groups in total. The van der Waals surface area contributed by atoms with Crippen molar-refractivity contribution in [2.75, 3.05) is 12.0 Å². The summed E-state index contributed by atoms with van der Waals surface area (Å²) in [6.45, 7) is 5.02. The molecule has 0 bridgehead atoms. The van der Waals surface area contributed by atoms with Crippen LogP contribution >= 0.6 is 22.6 Å². The molecule has 1 spiro atoms. The van der Waals surface area contributed by atoms with Crippen LogP contribution in [0.25, 0.3) is 6.08 Å². The number of rotatable bonds is 4. The maximum Gasteiger partial charge on any atom is 0.312 e. The van der Waals surface area contributed by atoms with Crippen molar-refractivity contribution in [3.63, 3.8) is 0 Å². The monoisotopic (exact) mass is 554 g/mol. The van der Waals surface area contributed by atoms with Crippen molar-refractivity contribution in [1.29, 1.82) is 0 Å². The lowest BCUT2D eigenvalue weighted by molar-refractivity contribution is -0.385. The largest absolute Gasteiger partial charge is 0.489 e. The van der Waals surface area contributed by atoms with Crippen molar-refractivity contribution in [1.82, 2.24) is 0 Å². The molecule has 6 nitrogen and oxygen atoms in total. The van der Waals surface area contributed by atoms with Gasteiger partial charge in [-0.05, 0) is 65.8 Å². The first-order valence-electron chi connectivity index (χ1n) is 10.6. The van der Waals surface area contributed by atoms with Crippen molar-refractivity contribution < 1.29 is 14.4 Å². The zero-order valence-electron chi connectivity index (χ0n) is 18.5. The van der Waals surface area contributed by atoms with Gasteiger partial charge < -0.3 is 14.4 Å². The van der Waals surface area contributed by atoms with Crippen LogP contribution in [-0.2, 0) is 12.0 Å². The van der Waals surface area contributed by atoms with E-state index in [0.717, 1.165) is 5.69 Å². The molecule has 3 aromatic carbocycles. The van der Waals surface area contributed by atoms with Gasteiger partial charge in [-0.2, -0.15) is 0 Å². The molecule has 2 aliphatic heterocycles. The summed E-state index contributed by atoms with van der Waals surface area (Å²) in [5.41, 5.74) is 2.86.